The number of carbonyl (C=O) groups excluding carboxylic acids is 1. The molecule has 7 nitrogen and oxygen atoms in total. The lowest BCUT2D eigenvalue weighted by molar-refractivity contribution is 0.0934. The monoisotopic (exact) mass is 404 g/mol. The summed E-state index contributed by atoms with van der Waals surface area (Å²) in [7, 11) is 3.42. The van der Waals surface area contributed by atoms with Gasteiger partial charge in [-0.15, -0.1) is 0 Å². The van der Waals surface area contributed by atoms with Crippen LogP contribution in [-0.4, -0.2) is 33.4 Å². The first kappa shape index (κ1) is 19.7. The summed E-state index contributed by atoms with van der Waals surface area (Å²) < 4.78 is 8.32. The maximum absolute atomic E-state index is 13.4. The summed E-state index contributed by atoms with van der Waals surface area (Å²) in [4.78, 5) is 26.6. The van der Waals surface area contributed by atoms with Crippen molar-refractivity contribution in [2.45, 2.75) is 26.3 Å². The van der Waals surface area contributed by atoms with Gasteiger partial charge in [-0.25, -0.2) is 0 Å². The van der Waals surface area contributed by atoms with E-state index >= 15 is 0 Å². The lowest BCUT2D eigenvalue weighted by Crippen LogP contribution is -2.35. The standard InChI is InChI=1S/C23H24N4O3/c1-5-14(2)24-22(28)20-19-17-8-6-7-9-18(17)26(3)21(19)23(29)27(25-20)15-10-12-16(30-4)13-11-15/h6-14H,5H2,1-4H3,(H,24,28). The van der Waals surface area contributed by atoms with Gasteiger partial charge in [-0.05, 0) is 43.7 Å². The van der Waals surface area contributed by atoms with Gasteiger partial charge >= 0.3 is 0 Å². The van der Waals surface area contributed by atoms with Crippen LogP contribution in [0.3, 0.4) is 0 Å². The highest BCUT2D eigenvalue weighted by Crippen LogP contribution is 2.28. The molecule has 0 spiro atoms. The number of nitrogens with zero attached hydrogens (tertiary/aromatic N) is 3. The molecule has 2 aromatic heterocycles. The van der Waals surface area contributed by atoms with Gasteiger partial charge in [-0.2, -0.15) is 9.78 Å². The van der Waals surface area contributed by atoms with Gasteiger partial charge in [0.1, 0.15) is 11.3 Å². The zero-order chi connectivity index (χ0) is 21.4. The largest absolute Gasteiger partial charge is 0.497 e. The fourth-order valence-corrected chi connectivity index (χ4v) is 3.63. The van der Waals surface area contributed by atoms with E-state index in [-0.39, 0.29) is 23.2 Å². The van der Waals surface area contributed by atoms with E-state index in [0.29, 0.717) is 22.3 Å². The second-order valence-electron chi connectivity index (χ2n) is 7.35. The highest BCUT2D eigenvalue weighted by molar-refractivity contribution is 6.16. The summed E-state index contributed by atoms with van der Waals surface area (Å²) in [6, 6.07) is 14.7. The Balaban J connectivity index is 2.06. The van der Waals surface area contributed by atoms with Crippen molar-refractivity contribution in [1.82, 2.24) is 19.7 Å². The number of ether oxygens (including phenoxy) is 1. The van der Waals surface area contributed by atoms with E-state index in [4.69, 9.17) is 4.74 Å². The Labute approximate surface area is 173 Å². The molecule has 2 heterocycles. The molecule has 1 atom stereocenters. The smallest absolute Gasteiger partial charge is 0.296 e. The molecular weight excluding hydrogens is 380 g/mol. The predicted octanol–water partition coefficient (Wildman–Crippen LogP) is 3.41. The number of amides is 1. The Kier molecular flexibility index (Phi) is 5.03. The maximum atomic E-state index is 13.4. The van der Waals surface area contributed by atoms with E-state index in [1.165, 1.54) is 4.68 Å². The summed E-state index contributed by atoms with van der Waals surface area (Å²) in [6.45, 7) is 3.95. The molecule has 1 N–H and O–H groups in total. The molecule has 0 saturated carbocycles. The number of nitrogens with one attached hydrogen (secondary N) is 1. The van der Waals surface area contributed by atoms with Crippen LogP contribution in [-0.2, 0) is 7.05 Å². The van der Waals surface area contributed by atoms with Crippen LogP contribution >= 0.6 is 0 Å². The molecule has 1 amide bonds. The van der Waals surface area contributed by atoms with Gasteiger partial charge in [0.15, 0.2) is 5.69 Å². The molecule has 4 aromatic rings. The van der Waals surface area contributed by atoms with E-state index in [0.717, 1.165) is 17.3 Å². The second-order valence-corrected chi connectivity index (χ2v) is 7.35. The topological polar surface area (TPSA) is 78.2 Å². The number of hydrogen-bond acceptors (Lipinski definition) is 4. The average Bonchev–Trinajstić information content (AvgIpc) is 3.07. The summed E-state index contributed by atoms with van der Waals surface area (Å²) in [5, 5.41) is 8.90. The summed E-state index contributed by atoms with van der Waals surface area (Å²) >= 11 is 0. The number of methoxy groups -OCH3 is 1. The van der Waals surface area contributed by atoms with Crippen molar-refractivity contribution in [1.29, 1.82) is 0 Å². The first-order valence-electron chi connectivity index (χ1n) is 9.92. The molecule has 0 aliphatic heterocycles. The molecule has 0 radical (unpaired) electrons. The third-order valence-electron chi connectivity index (χ3n) is 5.46. The molecule has 0 aliphatic carbocycles. The number of carbonyl (C=O) groups is 1. The molecule has 7 heteroatoms. The number of benzene rings is 2. The van der Waals surface area contributed by atoms with Gasteiger partial charge in [0.2, 0.25) is 0 Å². The SMILES string of the molecule is CCC(C)NC(=O)c1nn(-c2ccc(OC)cc2)c(=O)c2c1c1ccccc1n2C. The Bertz CT molecular complexity index is 1300. The van der Waals surface area contributed by atoms with Crippen LogP contribution in [0.4, 0.5) is 0 Å². The van der Waals surface area contributed by atoms with E-state index in [1.807, 2.05) is 49.7 Å². The molecule has 30 heavy (non-hydrogen) atoms. The molecule has 154 valence electrons. The Morgan fingerprint density at radius 1 is 1.17 bits per heavy atom. The van der Waals surface area contributed by atoms with Gasteiger partial charge in [0, 0.05) is 29.4 Å². The Hall–Kier alpha value is -3.61. The van der Waals surface area contributed by atoms with Gasteiger partial charge in [0.25, 0.3) is 11.5 Å². The number of hydrogen-bond donors (Lipinski definition) is 1. The average molecular weight is 404 g/mol. The summed E-state index contributed by atoms with van der Waals surface area (Å²) in [5.74, 6) is 0.375. The van der Waals surface area contributed by atoms with E-state index in [9.17, 15) is 9.59 Å². The van der Waals surface area contributed by atoms with Gasteiger partial charge in [-0.1, -0.05) is 25.1 Å². The zero-order valence-corrected chi connectivity index (χ0v) is 17.5. The minimum absolute atomic E-state index is 0.00862. The van der Waals surface area contributed by atoms with Crippen molar-refractivity contribution >= 4 is 27.7 Å². The quantitative estimate of drug-likeness (QED) is 0.553. The molecule has 2 aromatic carbocycles. The van der Waals surface area contributed by atoms with Gasteiger partial charge in [-0.3, -0.25) is 9.59 Å². The number of fused-ring (bicyclic) bond motifs is 3. The fraction of sp³-hybridized carbons (Fsp3) is 0.261. The van der Waals surface area contributed by atoms with Crippen molar-refractivity contribution < 1.29 is 9.53 Å². The molecule has 4 rings (SSSR count). The van der Waals surface area contributed by atoms with Crippen LogP contribution in [0, 0.1) is 0 Å². The first-order chi connectivity index (χ1) is 14.5. The van der Waals surface area contributed by atoms with Crippen LogP contribution < -0.4 is 15.6 Å². The van der Waals surface area contributed by atoms with Crippen LogP contribution in [0.25, 0.3) is 27.5 Å². The molecule has 0 aliphatic rings. The Morgan fingerprint density at radius 2 is 1.87 bits per heavy atom. The fourth-order valence-electron chi connectivity index (χ4n) is 3.63. The first-order valence-corrected chi connectivity index (χ1v) is 9.92. The molecule has 0 fully saturated rings. The number of aryl methyl sites for hydroxylation is 1. The lowest BCUT2D eigenvalue weighted by atomic mass is 10.1. The highest BCUT2D eigenvalue weighted by atomic mass is 16.5. The molecule has 0 bridgehead atoms. The van der Waals surface area contributed by atoms with Crippen LogP contribution in [0.5, 0.6) is 5.75 Å². The van der Waals surface area contributed by atoms with E-state index in [2.05, 4.69) is 10.4 Å². The zero-order valence-electron chi connectivity index (χ0n) is 17.5. The van der Waals surface area contributed by atoms with E-state index in [1.54, 1.807) is 31.4 Å². The van der Waals surface area contributed by atoms with Crippen LogP contribution in [0.2, 0.25) is 0 Å². The van der Waals surface area contributed by atoms with Crippen molar-refractivity contribution in [3.63, 3.8) is 0 Å². The molecule has 1 unspecified atom stereocenters. The van der Waals surface area contributed by atoms with Crippen molar-refractivity contribution in [3.8, 4) is 11.4 Å². The van der Waals surface area contributed by atoms with Crippen LogP contribution in [0.1, 0.15) is 30.8 Å². The molecular formula is C23H24N4O3. The maximum Gasteiger partial charge on any atom is 0.296 e. The summed E-state index contributed by atoms with van der Waals surface area (Å²) in [5.41, 5.74) is 1.82. The van der Waals surface area contributed by atoms with Crippen LogP contribution in [0.15, 0.2) is 53.3 Å². The Morgan fingerprint density at radius 3 is 2.53 bits per heavy atom. The normalized spacial score (nSPS) is 12.3. The van der Waals surface area contributed by atoms with Crippen molar-refractivity contribution in [2.75, 3.05) is 7.11 Å². The third kappa shape index (κ3) is 3.12. The minimum atomic E-state index is -0.298. The summed E-state index contributed by atoms with van der Waals surface area (Å²) in [6.07, 6.45) is 0.794. The minimum Gasteiger partial charge on any atom is -0.497 e. The second kappa shape index (κ2) is 7.67. The predicted molar refractivity (Wildman–Crippen MR) is 118 cm³/mol. The van der Waals surface area contributed by atoms with E-state index < -0.39 is 0 Å². The number of aromatic nitrogens is 3. The lowest BCUT2D eigenvalue weighted by Gasteiger charge is -2.14. The van der Waals surface area contributed by atoms with Gasteiger partial charge < -0.3 is 14.6 Å². The number of rotatable bonds is 5. The number of para-hydroxylation sites is 1. The van der Waals surface area contributed by atoms with Gasteiger partial charge in [0.05, 0.1) is 12.8 Å². The van der Waals surface area contributed by atoms with Crippen molar-refractivity contribution in [3.05, 3.63) is 64.6 Å². The highest BCUT2D eigenvalue weighted by Gasteiger charge is 2.23. The third-order valence-corrected chi connectivity index (χ3v) is 5.46. The van der Waals surface area contributed by atoms with Crippen molar-refractivity contribution in [2.24, 2.45) is 7.05 Å². The molecule has 0 saturated heterocycles.